The highest BCUT2D eigenvalue weighted by Crippen LogP contribution is 2.32. The largest absolute Gasteiger partial charge is 0.430 e. The van der Waals surface area contributed by atoms with Gasteiger partial charge in [-0.15, -0.1) is 0 Å². The van der Waals surface area contributed by atoms with E-state index in [4.69, 9.17) is 44.3 Å². The highest BCUT2D eigenvalue weighted by molar-refractivity contribution is 7.16. The van der Waals surface area contributed by atoms with Crippen LogP contribution in [0, 0.1) is 0 Å². The van der Waals surface area contributed by atoms with Crippen molar-refractivity contribution in [3.63, 3.8) is 0 Å². The molecule has 0 N–H and O–H groups in total. The fraction of sp³-hybridized carbons (Fsp3) is 0.333. The average molecular weight is 371 g/mol. The van der Waals surface area contributed by atoms with Crippen molar-refractivity contribution in [3.8, 4) is 0 Å². The molecule has 2 aromatic rings. The second-order valence-corrected chi connectivity index (χ2v) is 7.38. The molecule has 0 aliphatic heterocycles. The molecule has 0 saturated heterocycles. The molecule has 0 aliphatic rings. The average Bonchev–Trinajstić information content (AvgIpc) is 2.71. The molecule has 1 unspecified atom stereocenters. The smallest absolute Gasteiger partial charge is 0.328 e. The zero-order valence-corrected chi connectivity index (χ0v) is 13.8. The summed E-state index contributed by atoms with van der Waals surface area (Å²) in [4.78, 5) is 23.5. The SMILES string of the molecule is COC(OC(=O)Cn1c(=O)sc2ccccc21)C(Cl)(Cl)Cl. The van der Waals surface area contributed by atoms with Crippen LogP contribution in [0.15, 0.2) is 29.1 Å². The van der Waals surface area contributed by atoms with Crippen molar-refractivity contribution in [1.29, 1.82) is 0 Å². The van der Waals surface area contributed by atoms with Crippen LogP contribution in [0.2, 0.25) is 0 Å². The Balaban J connectivity index is 2.19. The summed E-state index contributed by atoms with van der Waals surface area (Å²) in [5.41, 5.74) is 0.646. The summed E-state index contributed by atoms with van der Waals surface area (Å²) >= 11 is 17.9. The van der Waals surface area contributed by atoms with Gasteiger partial charge < -0.3 is 9.47 Å². The van der Waals surface area contributed by atoms with E-state index in [1.807, 2.05) is 6.07 Å². The van der Waals surface area contributed by atoms with Gasteiger partial charge in [-0.1, -0.05) is 58.3 Å². The van der Waals surface area contributed by atoms with Gasteiger partial charge in [-0.05, 0) is 12.1 Å². The van der Waals surface area contributed by atoms with E-state index in [9.17, 15) is 9.59 Å². The number of hydrogen-bond donors (Lipinski definition) is 0. The number of hydrogen-bond acceptors (Lipinski definition) is 5. The number of para-hydroxylation sites is 1. The minimum absolute atomic E-state index is 0.268. The molecular formula is C12H10Cl3NO4S. The lowest BCUT2D eigenvalue weighted by Gasteiger charge is -2.22. The monoisotopic (exact) mass is 369 g/mol. The molecule has 0 amide bonds. The van der Waals surface area contributed by atoms with Crippen LogP contribution in [0.5, 0.6) is 0 Å². The minimum atomic E-state index is -1.91. The van der Waals surface area contributed by atoms with E-state index in [0.717, 1.165) is 16.0 Å². The van der Waals surface area contributed by atoms with Gasteiger partial charge in [0.1, 0.15) is 6.54 Å². The first-order valence-electron chi connectivity index (χ1n) is 5.70. The standard InChI is InChI=1S/C12H10Cl3NO4S/c1-19-10(12(13,14)15)20-9(17)6-16-7-4-2-3-5-8(7)21-11(16)18/h2-5,10H,6H2,1H3. The van der Waals surface area contributed by atoms with Gasteiger partial charge in [-0.25, -0.2) is 0 Å². The molecule has 0 fully saturated rings. The number of nitrogens with zero attached hydrogens (tertiary/aromatic N) is 1. The maximum absolute atomic E-state index is 11.9. The topological polar surface area (TPSA) is 57.5 Å². The molecule has 5 nitrogen and oxygen atoms in total. The van der Waals surface area contributed by atoms with Crippen molar-refractivity contribution in [1.82, 2.24) is 4.57 Å². The Bertz CT molecular complexity index is 706. The van der Waals surface area contributed by atoms with Gasteiger partial charge in [0.05, 0.1) is 10.2 Å². The number of rotatable bonds is 4. The van der Waals surface area contributed by atoms with Crippen molar-refractivity contribution in [2.24, 2.45) is 0 Å². The van der Waals surface area contributed by atoms with Crippen LogP contribution >= 0.6 is 46.1 Å². The van der Waals surface area contributed by atoms with Gasteiger partial charge in [0.15, 0.2) is 0 Å². The van der Waals surface area contributed by atoms with Crippen molar-refractivity contribution < 1.29 is 14.3 Å². The lowest BCUT2D eigenvalue weighted by molar-refractivity contribution is -0.173. The number of thiazole rings is 1. The quantitative estimate of drug-likeness (QED) is 0.472. The first-order valence-corrected chi connectivity index (χ1v) is 7.65. The first kappa shape index (κ1) is 16.6. The summed E-state index contributed by atoms with van der Waals surface area (Å²) in [7, 11) is 1.24. The van der Waals surface area contributed by atoms with Gasteiger partial charge in [0.25, 0.3) is 10.1 Å². The van der Waals surface area contributed by atoms with E-state index in [2.05, 4.69) is 0 Å². The fourth-order valence-corrected chi connectivity index (χ4v) is 2.99. The van der Waals surface area contributed by atoms with Crippen molar-refractivity contribution >= 4 is 62.3 Å². The number of methoxy groups -OCH3 is 1. The van der Waals surface area contributed by atoms with Crippen molar-refractivity contribution in [2.75, 3.05) is 7.11 Å². The number of ether oxygens (including phenoxy) is 2. The Morgan fingerprint density at radius 3 is 2.67 bits per heavy atom. The first-order chi connectivity index (χ1) is 9.82. The molecule has 0 bridgehead atoms. The predicted octanol–water partition coefficient (Wildman–Crippen LogP) is 2.95. The summed E-state index contributed by atoms with van der Waals surface area (Å²) in [5, 5.41) is 0. The number of alkyl halides is 3. The Hall–Kier alpha value is -0.790. The molecule has 9 heteroatoms. The van der Waals surface area contributed by atoms with E-state index < -0.39 is 16.1 Å². The molecular weight excluding hydrogens is 361 g/mol. The molecule has 2 rings (SSSR count). The Morgan fingerprint density at radius 1 is 1.38 bits per heavy atom. The molecule has 0 saturated carbocycles. The van der Waals surface area contributed by atoms with E-state index >= 15 is 0 Å². The maximum atomic E-state index is 11.9. The molecule has 0 radical (unpaired) electrons. The number of benzene rings is 1. The van der Waals surface area contributed by atoms with E-state index in [0.29, 0.717) is 5.52 Å². The van der Waals surface area contributed by atoms with Crippen LogP contribution < -0.4 is 4.87 Å². The third-order valence-corrected chi connectivity index (χ3v) is 4.08. The summed E-state index contributed by atoms with van der Waals surface area (Å²) in [6.07, 6.45) is -1.35. The maximum Gasteiger partial charge on any atom is 0.328 e. The minimum Gasteiger partial charge on any atom is -0.430 e. The van der Waals surface area contributed by atoms with Gasteiger partial charge in [-0.2, -0.15) is 0 Å². The molecule has 0 aliphatic carbocycles. The van der Waals surface area contributed by atoms with Crippen LogP contribution in [0.3, 0.4) is 0 Å². The van der Waals surface area contributed by atoms with Crippen LogP contribution in [-0.4, -0.2) is 27.7 Å². The van der Waals surface area contributed by atoms with Gasteiger partial charge in [0, 0.05) is 7.11 Å². The molecule has 114 valence electrons. The number of halogens is 3. The molecule has 1 heterocycles. The summed E-state index contributed by atoms with van der Waals surface area (Å²) in [5.74, 6) is -0.737. The molecule has 0 spiro atoms. The second kappa shape index (κ2) is 6.54. The van der Waals surface area contributed by atoms with Crippen molar-refractivity contribution in [2.45, 2.75) is 16.6 Å². The summed E-state index contributed by atoms with van der Waals surface area (Å²) in [6, 6.07) is 7.12. The third-order valence-electron chi connectivity index (χ3n) is 2.58. The molecule has 1 atom stereocenters. The van der Waals surface area contributed by atoms with Crippen LogP contribution in [0.25, 0.3) is 10.2 Å². The molecule has 1 aromatic heterocycles. The normalized spacial score (nSPS) is 13.3. The van der Waals surface area contributed by atoms with E-state index in [-0.39, 0.29) is 11.4 Å². The van der Waals surface area contributed by atoms with Crippen LogP contribution in [0.4, 0.5) is 0 Å². The third kappa shape index (κ3) is 3.90. The Kier molecular flexibility index (Phi) is 5.16. The zero-order valence-electron chi connectivity index (χ0n) is 10.7. The Labute approximate surface area is 138 Å². The zero-order chi connectivity index (χ0) is 15.6. The molecule has 1 aromatic carbocycles. The summed E-state index contributed by atoms with van der Waals surface area (Å²) < 4.78 is 9.89. The van der Waals surface area contributed by atoms with Gasteiger partial charge in [0.2, 0.25) is 0 Å². The Morgan fingerprint density at radius 2 is 2.05 bits per heavy atom. The summed E-state index contributed by atoms with van der Waals surface area (Å²) in [6.45, 7) is -0.288. The van der Waals surface area contributed by atoms with Crippen LogP contribution in [-0.2, 0) is 20.8 Å². The number of aromatic nitrogens is 1. The lowest BCUT2D eigenvalue weighted by Crippen LogP contribution is -2.34. The highest BCUT2D eigenvalue weighted by Gasteiger charge is 2.36. The molecule has 21 heavy (non-hydrogen) atoms. The van der Waals surface area contributed by atoms with E-state index in [1.54, 1.807) is 18.2 Å². The number of carbonyl (C=O) groups is 1. The lowest BCUT2D eigenvalue weighted by atomic mass is 10.3. The van der Waals surface area contributed by atoms with Gasteiger partial charge in [-0.3, -0.25) is 14.2 Å². The van der Waals surface area contributed by atoms with Crippen molar-refractivity contribution in [3.05, 3.63) is 33.9 Å². The predicted molar refractivity (Wildman–Crippen MR) is 83.3 cm³/mol. The highest BCUT2D eigenvalue weighted by atomic mass is 35.6. The number of esters is 1. The van der Waals surface area contributed by atoms with Crippen LogP contribution in [0.1, 0.15) is 0 Å². The van der Waals surface area contributed by atoms with E-state index in [1.165, 1.54) is 11.7 Å². The second-order valence-electron chi connectivity index (χ2n) is 4.02. The van der Waals surface area contributed by atoms with Gasteiger partial charge >= 0.3 is 10.8 Å². The number of carbonyl (C=O) groups excluding carboxylic acids is 1. The number of fused-ring (bicyclic) bond motifs is 1. The fourth-order valence-electron chi connectivity index (χ4n) is 1.70.